The highest BCUT2D eigenvalue weighted by atomic mass is 32.2. The van der Waals surface area contributed by atoms with Crippen molar-refractivity contribution >= 4 is 20.9 Å². The summed E-state index contributed by atoms with van der Waals surface area (Å²) in [5.74, 6) is 0.00801. The van der Waals surface area contributed by atoms with E-state index in [0.29, 0.717) is 19.6 Å². The van der Waals surface area contributed by atoms with Crippen molar-refractivity contribution in [1.29, 1.82) is 0 Å². The van der Waals surface area contributed by atoms with Gasteiger partial charge in [-0.2, -0.15) is 4.31 Å². The van der Waals surface area contributed by atoms with Crippen molar-refractivity contribution in [2.75, 3.05) is 19.6 Å². The quantitative estimate of drug-likeness (QED) is 0.930. The number of para-hydroxylation sites is 1. The van der Waals surface area contributed by atoms with Crippen LogP contribution in [0.2, 0.25) is 0 Å². The molecular formula is C15H19N3O2S. The van der Waals surface area contributed by atoms with E-state index in [4.69, 9.17) is 0 Å². The molecule has 0 bridgehead atoms. The molecule has 2 heterocycles. The van der Waals surface area contributed by atoms with Crippen LogP contribution >= 0.6 is 0 Å². The van der Waals surface area contributed by atoms with Gasteiger partial charge in [0.2, 0.25) is 10.0 Å². The molecule has 3 rings (SSSR count). The topological polar surface area (TPSA) is 62.3 Å². The Hall–Kier alpha value is -1.50. The third-order valence-corrected chi connectivity index (χ3v) is 5.57. The van der Waals surface area contributed by atoms with Crippen LogP contribution in [0, 0.1) is 0 Å². The van der Waals surface area contributed by atoms with Gasteiger partial charge in [-0.3, -0.25) is 4.98 Å². The van der Waals surface area contributed by atoms with Gasteiger partial charge in [-0.25, -0.2) is 8.42 Å². The molecule has 1 aliphatic heterocycles. The van der Waals surface area contributed by atoms with Crippen molar-refractivity contribution < 1.29 is 8.42 Å². The highest BCUT2D eigenvalue weighted by molar-refractivity contribution is 7.88. The number of nitrogens with zero attached hydrogens (tertiary/aromatic N) is 2. The number of benzene rings is 1. The highest BCUT2D eigenvalue weighted by Crippen LogP contribution is 2.20. The number of hydrogen-bond donors (Lipinski definition) is 1. The molecule has 112 valence electrons. The molecule has 1 aliphatic rings. The van der Waals surface area contributed by atoms with Crippen molar-refractivity contribution in [3.05, 3.63) is 42.1 Å². The predicted molar refractivity (Wildman–Crippen MR) is 83.4 cm³/mol. The molecule has 0 saturated carbocycles. The largest absolute Gasteiger partial charge is 0.312 e. The minimum absolute atomic E-state index is 0.00801. The van der Waals surface area contributed by atoms with Gasteiger partial charge < -0.3 is 5.32 Å². The van der Waals surface area contributed by atoms with E-state index in [9.17, 15) is 8.42 Å². The van der Waals surface area contributed by atoms with Gasteiger partial charge in [-0.15, -0.1) is 0 Å². The second-order valence-corrected chi connectivity index (χ2v) is 7.43. The van der Waals surface area contributed by atoms with Gasteiger partial charge in [-0.05, 0) is 18.6 Å². The smallest absolute Gasteiger partial charge is 0.218 e. The van der Waals surface area contributed by atoms with Crippen LogP contribution in [-0.2, 0) is 15.8 Å². The maximum atomic E-state index is 12.6. The standard InChI is InChI=1S/C15H19N3O2S/c1-12-10-18(9-8-16-12)21(19,20)11-14-5-2-4-13-6-3-7-17-15(13)14/h2-7,12,16H,8-11H2,1H3/t12-/m0/s1. The predicted octanol–water partition coefficient (Wildman–Crippen LogP) is 1.36. The maximum Gasteiger partial charge on any atom is 0.218 e. The molecule has 5 nitrogen and oxygen atoms in total. The van der Waals surface area contributed by atoms with Crippen molar-refractivity contribution in [2.45, 2.75) is 18.7 Å². The highest BCUT2D eigenvalue weighted by Gasteiger charge is 2.27. The molecule has 21 heavy (non-hydrogen) atoms. The van der Waals surface area contributed by atoms with Gasteiger partial charge in [-0.1, -0.05) is 24.3 Å². The average molecular weight is 305 g/mol. The molecule has 1 atom stereocenters. The zero-order chi connectivity index (χ0) is 14.9. The maximum absolute atomic E-state index is 12.6. The summed E-state index contributed by atoms with van der Waals surface area (Å²) in [6.07, 6.45) is 1.70. The van der Waals surface area contributed by atoms with E-state index in [-0.39, 0.29) is 11.8 Å². The van der Waals surface area contributed by atoms with E-state index in [1.165, 1.54) is 0 Å². The Labute approximate surface area is 125 Å². The molecule has 0 radical (unpaired) electrons. The van der Waals surface area contributed by atoms with Crippen LogP contribution in [-0.4, -0.2) is 43.4 Å². The molecule has 0 amide bonds. The van der Waals surface area contributed by atoms with E-state index >= 15 is 0 Å². The molecule has 0 spiro atoms. The molecule has 1 fully saturated rings. The monoisotopic (exact) mass is 305 g/mol. The summed E-state index contributed by atoms with van der Waals surface area (Å²) in [6.45, 7) is 3.76. The molecule has 2 aromatic rings. The van der Waals surface area contributed by atoms with E-state index < -0.39 is 10.0 Å². The fourth-order valence-electron chi connectivity index (χ4n) is 2.72. The molecule has 1 aromatic carbocycles. The zero-order valence-corrected chi connectivity index (χ0v) is 12.8. The van der Waals surface area contributed by atoms with E-state index in [0.717, 1.165) is 16.5 Å². The van der Waals surface area contributed by atoms with E-state index in [2.05, 4.69) is 10.3 Å². The minimum Gasteiger partial charge on any atom is -0.312 e. The van der Waals surface area contributed by atoms with Crippen molar-refractivity contribution in [3.8, 4) is 0 Å². The Morgan fingerprint density at radius 1 is 1.33 bits per heavy atom. The van der Waals surface area contributed by atoms with Crippen LogP contribution < -0.4 is 5.32 Å². The lowest BCUT2D eigenvalue weighted by Crippen LogP contribution is -2.51. The van der Waals surface area contributed by atoms with Crippen LogP contribution in [0.4, 0.5) is 0 Å². The summed E-state index contributed by atoms with van der Waals surface area (Å²) in [7, 11) is -3.31. The Morgan fingerprint density at radius 2 is 2.14 bits per heavy atom. The number of rotatable bonds is 3. The average Bonchev–Trinajstić information content (AvgIpc) is 2.47. The fraction of sp³-hybridized carbons (Fsp3) is 0.400. The van der Waals surface area contributed by atoms with Crippen molar-refractivity contribution in [1.82, 2.24) is 14.6 Å². The SMILES string of the molecule is C[C@H]1CN(S(=O)(=O)Cc2cccc3cccnc23)CCN1. The minimum atomic E-state index is -3.31. The summed E-state index contributed by atoms with van der Waals surface area (Å²) >= 11 is 0. The number of nitrogens with one attached hydrogen (secondary N) is 1. The molecule has 6 heteroatoms. The Kier molecular flexibility index (Phi) is 3.93. The van der Waals surface area contributed by atoms with Crippen molar-refractivity contribution in [3.63, 3.8) is 0 Å². The van der Waals surface area contributed by atoms with E-state index in [1.807, 2.05) is 37.3 Å². The Morgan fingerprint density at radius 3 is 2.95 bits per heavy atom. The van der Waals surface area contributed by atoms with Crippen LogP contribution in [0.3, 0.4) is 0 Å². The van der Waals surface area contributed by atoms with Gasteiger partial charge in [0.1, 0.15) is 0 Å². The number of hydrogen-bond acceptors (Lipinski definition) is 4. The number of fused-ring (bicyclic) bond motifs is 1. The first kappa shape index (κ1) is 14.4. The number of pyridine rings is 1. The summed E-state index contributed by atoms with van der Waals surface area (Å²) in [6, 6.07) is 9.68. The van der Waals surface area contributed by atoms with Gasteiger partial charge in [0.15, 0.2) is 0 Å². The Bertz CT molecular complexity index is 740. The molecule has 0 unspecified atom stereocenters. The van der Waals surface area contributed by atoms with Gasteiger partial charge in [0, 0.05) is 37.3 Å². The molecular weight excluding hydrogens is 286 g/mol. The first-order valence-corrected chi connectivity index (χ1v) is 8.71. The van der Waals surface area contributed by atoms with Crippen LogP contribution in [0.1, 0.15) is 12.5 Å². The summed E-state index contributed by atoms with van der Waals surface area (Å²) in [5.41, 5.74) is 1.53. The lowest BCUT2D eigenvalue weighted by molar-refractivity contribution is 0.310. The summed E-state index contributed by atoms with van der Waals surface area (Å²) in [5, 5.41) is 4.23. The van der Waals surface area contributed by atoms with Crippen LogP contribution in [0.15, 0.2) is 36.5 Å². The first-order valence-electron chi connectivity index (χ1n) is 7.10. The lowest BCUT2D eigenvalue weighted by atomic mass is 10.1. The molecule has 0 aliphatic carbocycles. The van der Waals surface area contributed by atoms with Gasteiger partial charge >= 0.3 is 0 Å². The molecule has 1 N–H and O–H groups in total. The third-order valence-electron chi connectivity index (χ3n) is 3.78. The van der Waals surface area contributed by atoms with Gasteiger partial charge in [0.05, 0.1) is 11.3 Å². The lowest BCUT2D eigenvalue weighted by Gasteiger charge is -2.31. The van der Waals surface area contributed by atoms with Gasteiger partial charge in [0.25, 0.3) is 0 Å². The number of piperazine rings is 1. The van der Waals surface area contributed by atoms with Crippen LogP contribution in [0.25, 0.3) is 10.9 Å². The second-order valence-electron chi connectivity index (χ2n) is 5.46. The van der Waals surface area contributed by atoms with Crippen molar-refractivity contribution in [2.24, 2.45) is 0 Å². The van der Waals surface area contributed by atoms with E-state index in [1.54, 1.807) is 10.5 Å². The summed E-state index contributed by atoms with van der Waals surface area (Å²) < 4.78 is 26.8. The summed E-state index contributed by atoms with van der Waals surface area (Å²) in [4.78, 5) is 4.33. The molecule has 1 aromatic heterocycles. The third kappa shape index (κ3) is 3.07. The normalized spacial score (nSPS) is 20.7. The second kappa shape index (κ2) is 5.71. The Balaban J connectivity index is 1.90. The fourth-order valence-corrected chi connectivity index (χ4v) is 4.35. The molecule has 1 saturated heterocycles. The number of aromatic nitrogens is 1. The van der Waals surface area contributed by atoms with Crippen LogP contribution in [0.5, 0.6) is 0 Å². The first-order chi connectivity index (χ1) is 10.1. The zero-order valence-electron chi connectivity index (χ0n) is 12.0. The number of sulfonamides is 1.